The summed E-state index contributed by atoms with van der Waals surface area (Å²) in [6.07, 6.45) is 6.34. The Morgan fingerprint density at radius 2 is 2.00 bits per heavy atom. The molecule has 1 saturated carbocycles. The number of aromatic nitrogens is 3. The molecule has 188 valence electrons. The molecule has 1 N–H and O–H groups in total. The van der Waals surface area contributed by atoms with Crippen molar-refractivity contribution in [1.82, 2.24) is 19.9 Å². The maximum absolute atomic E-state index is 14.6. The van der Waals surface area contributed by atoms with Gasteiger partial charge in [0.2, 0.25) is 5.88 Å². The zero-order chi connectivity index (χ0) is 24.6. The first-order chi connectivity index (χ1) is 17.6. The number of unbranched alkanes of at least 4 members (excludes halogenated alkanes) is 1. The number of nitrogens with zero attached hydrogens (tertiary/aromatic N) is 4. The highest BCUT2D eigenvalue weighted by Gasteiger charge is 2.54. The fourth-order valence-electron chi connectivity index (χ4n) is 5.88. The molecule has 9 heteroatoms. The molecular weight excluding hydrogens is 461 g/mol. The van der Waals surface area contributed by atoms with Crippen LogP contribution in [0.2, 0.25) is 0 Å². The SMILES string of the molecule is COc1ccc2ncc(F)c(CCN3C[C@@H]4C(CCCCc5ccc6c(n5)NC(=O)CO6)[C@@H]4C3)c2n1. The molecule has 2 fully saturated rings. The highest BCUT2D eigenvalue weighted by molar-refractivity contribution is 5.94. The predicted octanol–water partition coefficient (Wildman–Crippen LogP) is 3.64. The molecule has 3 atom stereocenters. The molecule has 36 heavy (non-hydrogen) atoms. The van der Waals surface area contributed by atoms with Crippen LogP contribution in [0.5, 0.6) is 11.6 Å². The van der Waals surface area contributed by atoms with E-state index in [-0.39, 0.29) is 18.3 Å². The Morgan fingerprint density at radius 3 is 2.83 bits per heavy atom. The number of carbonyl (C=O) groups is 1. The van der Waals surface area contributed by atoms with E-state index in [0.29, 0.717) is 40.5 Å². The zero-order valence-corrected chi connectivity index (χ0v) is 20.4. The number of methoxy groups -OCH3 is 1. The van der Waals surface area contributed by atoms with Gasteiger partial charge in [-0.1, -0.05) is 6.42 Å². The molecule has 5 heterocycles. The van der Waals surface area contributed by atoms with Gasteiger partial charge in [0.15, 0.2) is 18.2 Å². The van der Waals surface area contributed by atoms with Gasteiger partial charge >= 0.3 is 0 Å². The molecule has 3 aliphatic rings. The highest BCUT2D eigenvalue weighted by atomic mass is 19.1. The van der Waals surface area contributed by atoms with Gasteiger partial charge in [0.25, 0.3) is 5.91 Å². The fraction of sp³-hybridized carbons (Fsp3) is 0.481. The van der Waals surface area contributed by atoms with Crippen molar-refractivity contribution in [3.8, 4) is 11.6 Å². The van der Waals surface area contributed by atoms with Gasteiger partial charge < -0.3 is 19.7 Å². The van der Waals surface area contributed by atoms with Crippen LogP contribution in [0, 0.1) is 23.6 Å². The monoisotopic (exact) mass is 491 g/mol. The second-order valence-corrected chi connectivity index (χ2v) is 10.0. The summed E-state index contributed by atoms with van der Waals surface area (Å²) in [5, 5.41) is 2.77. The summed E-state index contributed by atoms with van der Waals surface area (Å²) in [5.74, 6) is 3.57. The van der Waals surface area contributed by atoms with E-state index in [1.54, 1.807) is 13.2 Å². The number of amides is 1. The minimum atomic E-state index is -0.297. The van der Waals surface area contributed by atoms with E-state index in [1.807, 2.05) is 18.2 Å². The molecule has 3 aromatic heterocycles. The Labute approximate surface area is 209 Å². The number of pyridine rings is 3. The minimum Gasteiger partial charge on any atom is -0.481 e. The zero-order valence-electron chi connectivity index (χ0n) is 20.4. The summed E-state index contributed by atoms with van der Waals surface area (Å²) < 4.78 is 25.2. The predicted molar refractivity (Wildman–Crippen MR) is 133 cm³/mol. The van der Waals surface area contributed by atoms with Gasteiger partial charge in [0, 0.05) is 37.0 Å². The van der Waals surface area contributed by atoms with E-state index in [4.69, 9.17) is 9.47 Å². The van der Waals surface area contributed by atoms with Crippen molar-refractivity contribution in [3.05, 3.63) is 47.5 Å². The summed E-state index contributed by atoms with van der Waals surface area (Å²) in [6, 6.07) is 7.46. The van der Waals surface area contributed by atoms with Crippen molar-refractivity contribution in [2.75, 3.05) is 38.7 Å². The Kier molecular flexibility index (Phi) is 6.17. The van der Waals surface area contributed by atoms with Crippen LogP contribution in [0.25, 0.3) is 11.0 Å². The van der Waals surface area contributed by atoms with Crippen LogP contribution >= 0.6 is 0 Å². The standard InChI is InChI=1S/C27H30FN5O3/c1-35-25-9-7-22-26(32-25)18(21(28)12-29-22)10-11-33-13-19-17(20(19)14-33)5-3-2-4-16-6-8-23-27(30-16)31-24(34)15-36-23/h6-9,12,17,19-20H,2-5,10-11,13-15H2,1H3,(H,30,31,34)/t17?,19-,20+. The van der Waals surface area contributed by atoms with Crippen molar-refractivity contribution >= 4 is 22.8 Å². The van der Waals surface area contributed by atoms with Crippen molar-refractivity contribution in [1.29, 1.82) is 0 Å². The van der Waals surface area contributed by atoms with E-state index >= 15 is 0 Å². The third kappa shape index (κ3) is 4.59. The van der Waals surface area contributed by atoms with Crippen LogP contribution in [0.3, 0.4) is 0 Å². The van der Waals surface area contributed by atoms with Crippen LogP contribution in [0.1, 0.15) is 30.5 Å². The number of fused-ring (bicyclic) bond motifs is 3. The van der Waals surface area contributed by atoms with Crippen LogP contribution in [-0.4, -0.2) is 59.1 Å². The lowest BCUT2D eigenvalue weighted by Gasteiger charge is -2.20. The third-order valence-corrected chi connectivity index (χ3v) is 7.83. The normalized spacial score (nSPS) is 22.6. The van der Waals surface area contributed by atoms with E-state index in [9.17, 15) is 9.18 Å². The van der Waals surface area contributed by atoms with Gasteiger partial charge in [-0.3, -0.25) is 9.78 Å². The second kappa shape index (κ2) is 9.61. The maximum atomic E-state index is 14.6. The van der Waals surface area contributed by atoms with Gasteiger partial charge in [-0.05, 0) is 61.6 Å². The maximum Gasteiger partial charge on any atom is 0.263 e. The molecule has 1 aliphatic carbocycles. The molecule has 0 radical (unpaired) electrons. The second-order valence-electron chi connectivity index (χ2n) is 10.0. The average Bonchev–Trinajstić information content (AvgIpc) is 3.34. The molecule has 6 rings (SSSR count). The van der Waals surface area contributed by atoms with Gasteiger partial charge in [0.1, 0.15) is 5.82 Å². The molecule has 3 aromatic rings. The molecule has 1 amide bonds. The summed E-state index contributed by atoms with van der Waals surface area (Å²) in [5.41, 5.74) is 2.91. The number of hydrogen-bond acceptors (Lipinski definition) is 7. The van der Waals surface area contributed by atoms with Gasteiger partial charge in [-0.25, -0.2) is 14.4 Å². The number of piperidine rings is 1. The van der Waals surface area contributed by atoms with E-state index in [2.05, 4.69) is 25.2 Å². The van der Waals surface area contributed by atoms with Crippen LogP contribution in [0.15, 0.2) is 30.5 Å². The minimum absolute atomic E-state index is 0.0547. The summed E-state index contributed by atoms with van der Waals surface area (Å²) in [7, 11) is 1.56. The topological polar surface area (TPSA) is 89.5 Å². The Morgan fingerprint density at radius 1 is 1.14 bits per heavy atom. The highest BCUT2D eigenvalue weighted by Crippen LogP contribution is 2.54. The van der Waals surface area contributed by atoms with E-state index < -0.39 is 0 Å². The molecule has 0 bridgehead atoms. The largest absolute Gasteiger partial charge is 0.481 e. The van der Waals surface area contributed by atoms with Gasteiger partial charge in [0.05, 0.1) is 24.3 Å². The van der Waals surface area contributed by atoms with E-state index in [1.165, 1.54) is 19.0 Å². The third-order valence-electron chi connectivity index (χ3n) is 7.83. The Hall–Kier alpha value is -3.33. The molecule has 0 aromatic carbocycles. The molecule has 1 saturated heterocycles. The first-order valence-electron chi connectivity index (χ1n) is 12.7. The Balaban J connectivity index is 0.951. The first-order valence-corrected chi connectivity index (χ1v) is 12.7. The number of hydrogen-bond donors (Lipinski definition) is 1. The lowest BCUT2D eigenvalue weighted by molar-refractivity contribution is -0.118. The number of nitrogens with one attached hydrogen (secondary N) is 1. The number of halogens is 1. The van der Waals surface area contributed by atoms with Crippen molar-refractivity contribution in [2.24, 2.45) is 17.8 Å². The molecule has 0 spiro atoms. The first kappa shape index (κ1) is 23.1. The molecule has 8 nitrogen and oxygen atoms in total. The Bertz CT molecular complexity index is 1290. The number of aryl methyl sites for hydroxylation is 1. The van der Waals surface area contributed by atoms with Gasteiger partial charge in [-0.2, -0.15) is 0 Å². The summed E-state index contributed by atoms with van der Waals surface area (Å²) >= 11 is 0. The van der Waals surface area contributed by atoms with Crippen molar-refractivity contribution < 1.29 is 18.7 Å². The molecule has 2 aliphatic heterocycles. The van der Waals surface area contributed by atoms with Crippen LogP contribution < -0.4 is 14.8 Å². The lowest BCUT2D eigenvalue weighted by atomic mass is 10.1. The number of rotatable bonds is 9. The van der Waals surface area contributed by atoms with Crippen molar-refractivity contribution in [3.63, 3.8) is 0 Å². The number of anilines is 1. The average molecular weight is 492 g/mol. The molecule has 1 unspecified atom stereocenters. The van der Waals surface area contributed by atoms with E-state index in [0.717, 1.165) is 55.9 Å². The summed E-state index contributed by atoms with van der Waals surface area (Å²) in [4.78, 5) is 27.1. The van der Waals surface area contributed by atoms with Crippen LogP contribution in [0.4, 0.5) is 10.2 Å². The lowest BCUT2D eigenvalue weighted by Crippen LogP contribution is -2.27. The quantitative estimate of drug-likeness (QED) is 0.457. The smallest absolute Gasteiger partial charge is 0.263 e. The summed E-state index contributed by atoms with van der Waals surface area (Å²) in [6.45, 7) is 3.09. The number of carbonyl (C=O) groups excluding carboxylic acids is 1. The van der Waals surface area contributed by atoms with Crippen molar-refractivity contribution in [2.45, 2.75) is 32.1 Å². The number of likely N-dealkylation sites (tertiary alicyclic amines) is 1. The van der Waals surface area contributed by atoms with Crippen LogP contribution in [-0.2, 0) is 17.6 Å². The fourth-order valence-corrected chi connectivity index (χ4v) is 5.88. The number of ether oxygens (including phenoxy) is 2. The molecular formula is C27H30FN5O3. The van der Waals surface area contributed by atoms with Gasteiger partial charge in [-0.15, -0.1) is 0 Å².